The molecule has 0 saturated carbocycles. The Morgan fingerprint density at radius 3 is 2.62 bits per heavy atom. The van der Waals surface area contributed by atoms with Gasteiger partial charge in [-0.25, -0.2) is 0 Å². The Balaban J connectivity index is 2.18. The van der Waals surface area contributed by atoms with Crippen molar-refractivity contribution in [3.63, 3.8) is 0 Å². The van der Waals surface area contributed by atoms with E-state index in [1.54, 1.807) is 19.1 Å². The molecule has 5 nitrogen and oxygen atoms in total. The first kappa shape index (κ1) is 17.9. The molecule has 1 aromatic carbocycles. The molecular formula is C16H16F3NO4. The van der Waals surface area contributed by atoms with E-state index in [2.05, 4.69) is 4.74 Å². The summed E-state index contributed by atoms with van der Waals surface area (Å²) < 4.78 is 51.6. The van der Waals surface area contributed by atoms with Crippen molar-refractivity contribution < 1.29 is 31.9 Å². The van der Waals surface area contributed by atoms with Gasteiger partial charge in [-0.15, -0.1) is 13.2 Å². The van der Waals surface area contributed by atoms with Crippen LogP contribution in [0.4, 0.5) is 13.2 Å². The average Bonchev–Trinajstić information content (AvgIpc) is 2.94. The van der Waals surface area contributed by atoms with Gasteiger partial charge in [0.1, 0.15) is 23.3 Å². The maximum absolute atomic E-state index is 12.5. The summed E-state index contributed by atoms with van der Waals surface area (Å²) in [7, 11) is 0. The van der Waals surface area contributed by atoms with Crippen LogP contribution >= 0.6 is 0 Å². The molecule has 0 amide bonds. The number of esters is 1. The van der Waals surface area contributed by atoms with E-state index in [0.29, 0.717) is 5.76 Å². The summed E-state index contributed by atoms with van der Waals surface area (Å²) in [4.78, 5) is 11.5. The summed E-state index contributed by atoms with van der Waals surface area (Å²) in [5.74, 6) is -0.412. The smallest absolute Gasteiger partial charge is 0.465 e. The lowest BCUT2D eigenvalue weighted by molar-refractivity contribution is -0.274. The van der Waals surface area contributed by atoms with Gasteiger partial charge in [-0.05, 0) is 31.2 Å². The molecule has 24 heavy (non-hydrogen) atoms. The first-order chi connectivity index (χ1) is 11.3. The number of para-hydroxylation sites is 1. The Labute approximate surface area is 136 Å². The van der Waals surface area contributed by atoms with Crippen LogP contribution in [0.15, 0.2) is 40.8 Å². The van der Waals surface area contributed by atoms with Gasteiger partial charge in [0, 0.05) is 6.42 Å². The van der Waals surface area contributed by atoms with Crippen LogP contribution in [0.2, 0.25) is 0 Å². The first-order valence-corrected chi connectivity index (χ1v) is 7.16. The maximum Gasteiger partial charge on any atom is 0.573 e. The Bertz CT molecular complexity index is 697. The second kappa shape index (κ2) is 7.39. The van der Waals surface area contributed by atoms with Crippen LogP contribution in [0.3, 0.4) is 0 Å². The lowest BCUT2D eigenvalue weighted by atomic mass is 10.1. The fourth-order valence-electron chi connectivity index (χ4n) is 2.07. The molecule has 130 valence electrons. The highest BCUT2D eigenvalue weighted by Gasteiger charge is 2.32. The number of carbonyl (C=O) groups excluding carboxylic acids is 1. The third-order valence-electron chi connectivity index (χ3n) is 3.05. The molecule has 0 fully saturated rings. The van der Waals surface area contributed by atoms with Crippen molar-refractivity contribution in [3.8, 4) is 17.1 Å². The lowest BCUT2D eigenvalue weighted by Gasteiger charge is -2.12. The molecule has 1 unspecified atom stereocenters. The van der Waals surface area contributed by atoms with E-state index in [-0.39, 0.29) is 30.1 Å². The molecule has 1 heterocycles. The summed E-state index contributed by atoms with van der Waals surface area (Å²) in [6.45, 7) is 1.87. The number of nitrogens with two attached hydrogens (primary N) is 1. The van der Waals surface area contributed by atoms with E-state index in [9.17, 15) is 18.0 Å². The fraction of sp³-hybridized carbons (Fsp3) is 0.312. The number of alkyl halides is 3. The molecule has 1 aromatic heterocycles. The van der Waals surface area contributed by atoms with Gasteiger partial charge < -0.3 is 19.6 Å². The lowest BCUT2D eigenvalue weighted by Crippen LogP contribution is -2.34. The van der Waals surface area contributed by atoms with Crippen molar-refractivity contribution in [2.24, 2.45) is 5.73 Å². The zero-order valence-electron chi connectivity index (χ0n) is 12.8. The minimum atomic E-state index is -4.81. The number of furan rings is 1. The van der Waals surface area contributed by atoms with Crippen molar-refractivity contribution in [1.29, 1.82) is 0 Å². The van der Waals surface area contributed by atoms with Crippen LogP contribution < -0.4 is 10.5 Å². The van der Waals surface area contributed by atoms with Gasteiger partial charge in [0.2, 0.25) is 0 Å². The molecule has 0 saturated heterocycles. The number of carbonyl (C=O) groups is 1. The van der Waals surface area contributed by atoms with Gasteiger partial charge in [-0.3, -0.25) is 4.79 Å². The largest absolute Gasteiger partial charge is 0.573 e. The minimum absolute atomic E-state index is 0.0706. The van der Waals surface area contributed by atoms with Gasteiger partial charge in [0.25, 0.3) is 0 Å². The molecule has 0 aliphatic carbocycles. The minimum Gasteiger partial charge on any atom is -0.465 e. The zero-order valence-corrected chi connectivity index (χ0v) is 12.8. The van der Waals surface area contributed by atoms with Crippen LogP contribution in [0.25, 0.3) is 11.3 Å². The zero-order chi connectivity index (χ0) is 17.7. The van der Waals surface area contributed by atoms with Crippen LogP contribution in [0.1, 0.15) is 12.7 Å². The van der Waals surface area contributed by atoms with Crippen molar-refractivity contribution in [3.05, 3.63) is 42.2 Å². The molecule has 8 heteroatoms. The fourth-order valence-corrected chi connectivity index (χ4v) is 2.07. The SMILES string of the molecule is CCOC(=O)C(N)Cc1ccc(-c2ccccc2OC(F)(F)F)o1. The standard InChI is InChI=1S/C16H16F3NO4/c1-2-22-15(21)12(20)9-10-7-8-13(23-10)11-5-3-4-6-14(11)24-16(17,18)19/h3-8,12H,2,9,20H2,1H3. The summed E-state index contributed by atoms with van der Waals surface area (Å²) in [5, 5.41) is 0. The van der Waals surface area contributed by atoms with E-state index < -0.39 is 18.4 Å². The molecule has 2 aromatic rings. The Kier molecular flexibility index (Phi) is 5.50. The summed E-state index contributed by atoms with van der Waals surface area (Å²) in [5.41, 5.74) is 5.83. The summed E-state index contributed by atoms with van der Waals surface area (Å²) in [6, 6.07) is 7.73. The Morgan fingerprint density at radius 1 is 1.25 bits per heavy atom. The molecule has 0 spiro atoms. The number of hydrogen-bond acceptors (Lipinski definition) is 5. The topological polar surface area (TPSA) is 74.7 Å². The third-order valence-corrected chi connectivity index (χ3v) is 3.05. The van der Waals surface area contributed by atoms with E-state index in [4.69, 9.17) is 14.9 Å². The number of rotatable bonds is 6. The summed E-state index contributed by atoms with van der Waals surface area (Å²) >= 11 is 0. The molecular weight excluding hydrogens is 327 g/mol. The highest BCUT2D eigenvalue weighted by molar-refractivity contribution is 5.75. The van der Waals surface area contributed by atoms with Gasteiger partial charge in [-0.2, -0.15) is 0 Å². The normalized spacial score (nSPS) is 12.7. The van der Waals surface area contributed by atoms with E-state index in [1.165, 1.54) is 24.3 Å². The van der Waals surface area contributed by atoms with E-state index >= 15 is 0 Å². The number of ether oxygens (including phenoxy) is 2. The van der Waals surface area contributed by atoms with E-state index in [0.717, 1.165) is 0 Å². The Hall–Kier alpha value is -2.48. The molecule has 1 atom stereocenters. The highest BCUT2D eigenvalue weighted by atomic mass is 19.4. The predicted molar refractivity (Wildman–Crippen MR) is 79.1 cm³/mol. The van der Waals surface area contributed by atoms with Crippen LogP contribution in [0, 0.1) is 0 Å². The second-order valence-electron chi connectivity index (χ2n) is 4.87. The molecule has 0 aliphatic heterocycles. The van der Waals surface area contributed by atoms with Crippen LogP contribution in [0.5, 0.6) is 5.75 Å². The maximum atomic E-state index is 12.5. The van der Waals surface area contributed by atoms with Gasteiger partial charge in [0.15, 0.2) is 0 Å². The quantitative estimate of drug-likeness (QED) is 0.815. The van der Waals surface area contributed by atoms with Crippen LogP contribution in [-0.4, -0.2) is 25.0 Å². The number of halogens is 3. The van der Waals surface area contributed by atoms with Crippen LogP contribution in [-0.2, 0) is 16.0 Å². The van der Waals surface area contributed by atoms with Gasteiger partial charge in [0.05, 0.1) is 12.2 Å². The van der Waals surface area contributed by atoms with Crippen molar-refractivity contribution >= 4 is 5.97 Å². The third kappa shape index (κ3) is 4.76. The van der Waals surface area contributed by atoms with E-state index in [1.807, 2.05) is 0 Å². The molecule has 2 N–H and O–H groups in total. The van der Waals surface area contributed by atoms with Gasteiger partial charge in [-0.1, -0.05) is 12.1 Å². The monoisotopic (exact) mass is 343 g/mol. The number of benzene rings is 1. The first-order valence-electron chi connectivity index (χ1n) is 7.16. The van der Waals surface area contributed by atoms with Crippen molar-refractivity contribution in [2.45, 2.75) is 25.7 Å². The predicted octanol–water partition coefficient (Wildman–Crippen LogP) is 3.28. The Morgan fingerprint density at radius 2 is 1.96 bits per heavy atom. The molecule has 2 rings (SSSR count). The molecule has 0 radical (unpaired) electrons. The van der Waals surface area contributed by atoms with Crippen molar-refractivity contribution in [2.75, 3.05) is 6.61 Å². The molecule has 0 aliphatic rings. The van der Waals surface area contributed by atoms with Crippen molar-refractivity contribution in [1.82, 2.24) is 0 Å². The van der Waals surface area contributed by atoms with Gasteiger partial charge >= 0.3 is 12.3 Å². The molecule has 0 bridgehead atoms. The highest BCUT2D eigenvalue weighted by Crippen LogP contribution is 2.34. The summed E-state index contributed by atoms with van der Waals surface area (Å²) in [6.07, 6.45) is -4.74. The number of hydrogen-bond donors (Lipinski definition) is 1. The second-order valence-corrected chi connectivity index (χ2v) is 4.87. The average molecular weight is 343 g/mol.